The second-order valence-corrected chi connectivity index (χ2v) is 5.26. The van der Waals surface area contributed by atoms with Gasteiger partial charge in [-0.1, -0.05) is 24.3 Å². The maximum Gasteiger partial charge on any atom is 0.174 e. The zero-order valence-electron chi connectivity index (χ0n) is 9.70. The molecule has 0 unspecified atom stereocenters. The van der Waals surface area contributed by atoms with Crippen molar-refractivity contribution in [3.8, 4) is 0 Å². The second kappa shape index (κ2) is 4.49. The third-order valence-electron chi connectivity index (χ3n) is 3.61. The van der Waals surface area contributed by atoms with E-state index in [4.69, 9.17) is 12.2 Å². The van der Waals surface area contributed by atoms with Gasteiger partial charge in [-0.25, -0.2) is 0 Å². The van der Waals surface area contributed by atoms with Crippen LogP contribution in [0.2, 0.25) is 0 Å². The van der Waals surface area contributed by atoms with Crippen LogP contribution in [0, 0.1) is 10.7 Å². The van der Waals surface area contributed by atoms with Crippen LogP contribution in [0.25, 0.3) is 0 Å². The molecule has 1 atom stereocenters. The molecule has 1 aromatic carbocycles. The van der Waals surface area contributed by atoms with Crippen LogP contribution in [0.15, 0.2) is 30.5 Å². The summed E-state index contributed by atoms with van der Waals surface area (Å²) in [6, 6.07) is 8.81. The van der Waals surface area contributed by atoms with Gasteiger partial charge in [0.05, 0.1) is 0 Å². The first-order valence-corrected chi connectivity index (χ1v) is 6.55. The van der Waals surface area contributed by atoms with E-state index in [2.05, 4.69) is 34.2 Å². The van der Waals surface area contributed by atoms with E-state index in [0.717, 1.165) is 17.1 Å². The third kappa shape index (κ3) is 2.34. The number of H-pyrrole nitrogens is 2. The van der Waals surface area contributed by atoms with Gasteiger partial charge in [-0.05, 0) is 54.9 Å². The molecule has 1 aliphatic rings. The highest BCUT2D eigenvalue weighted by molar-refractivity contribution is 7.71. The number of imidazole rings is 1. The smallest absolute Gasteiger partial charge is 0.174 e. The quantitative estimate of drug-likeness (QED) is 0.779. The van der Waals surface area contributed by atoms with E-state index in [0.29, 0.717) is 0 Å². The monoisotopic (exact) mass is 244 g/mol. The van der Waals surface area contributed by atoms with Gasteiger partial charge in [0.1, 0.15) is 0 Å². The molecule has 0 spiro atoms. The van der Waals surface area contributed by atoms with Crippen LogP contribution in [-0.4, -0.2) is 9.97 Å². The fourth-order valence-corrected chi connectivity index (χ4v) is 2.93. The van der Waals surface area contributed by atoms with Gasteiger partial charge in [0.15, 0.2) is 4.77 Å². The van der Waals surface area contributed by atoms with E-state index < -0.39 is 0 Å². The summed E-state index contributed by atoms with van der Waals surface area (Å²) < 4.78 is 0.733. The molecule has 0 radical (unpaired) electrons. The predicted molar refractivity (Wildman–Crippen MR) is 71.6 cm³/mol. The average Bonchev–Trinajstić information content (AvgIpc) is 2.75. The van der Waals surface area contributed by atoms with Crippen molar-refractivity contribution in [2.75, 3.05) is 0 Å². The number of aromatic nitrogens is 2. The molecule has 2 nitrogen and oxygen atoms in total. The first kappa shape index (κ1) is 10.8. The van der Waals surface area contributed by atoms with Crippen molar-refractivity contribution in [1.82, 2.24) is 9.97 Å². The van der Waals surface area contributed by atoms with Crippen molar-refractivity contribution in [1.29, 1.82) is 0 Å². The molecule has 88 valence electrons. The lowest BCUT2D eigenvalue weighted by molar-refractivity contribution is 0.452. The normalized spacial score (nSPS) is 18.9. The summed E-state index contributed by atoms with van der Waals surface area (Å²) in [5.41, 5.74) is 4.29. The lowest BCUT2D eigenvalue weighted by atomic mass is 9.82. The summed E-state index contributed by atoms with van der Waals surface area (Å²) in [5, 5.41) is 0. The lowest BCUT2D eigenvalue weighted by Crippen LogP contribution is -2.16. The van der Waals surface area contributed by atoms with E-state index in [-0.39, 0.29) is 0 Å². The molecule has 0 aliphatic heterocycles. The van der Waals surface area contributed by atoms with Gasteiger partial charge in [0, 0.05) is 11.9 Å². The number of nitrogens with one attached hydrogen (secondary N) is 2. The topological polar surface area (TPSA) is 31.6 Å². The highest BCUT2D eigenvalue weighted by Crippen LogP contribution is 2.27. The van der Waals surface area contributed by atoms with Gasteiger partial charge in [-0.15, -0.1) is 0 Å². The summed E-state index contributed by atoms with van der Waals surface area (Å²) >= 11 is 5.05. The maximum absolute atomic E-state index is 5.05. The SMILES string of the molecule is S=c1[nH]cc(C[C@H]2CCc3ccccc3C2)[nH]1. The van der Waals surface area contributed by atoms with Crippen LogP contribution in [-0.2, 0) is 19.3 Å². The van der Waals surface area contributed by atoms with Crippen LogP contribution in [0.4, 0.5) is 0 Å². The number of aromatic amines is 2. The van der Waals surface area contributed by atoms with Crippen molar-refractivity contribution < 1.29 is 0 Å². The van der Waals surface area contributed by atoms with Gasteiger partial charge in [0.2, 0.25) is 0 Å². The van der Waals surface area contributed by atoms with Gasteiger partial charge in [0.25, 0.3) is 0 Å². The van der Waals surface area contributed by atoms with Crippen molar-refractivity contribution in [2.24, 2.45) is 5.92 Å². The first-order valence-electron chi connectivity index (χ1n) is 6.14. The standard InChI is InChI=1S/C14H16N2S/c17-14-15-9-13(16-14)8-10-5-6-11-3-1-2-4-12(11)7-10/h1-4,9-10H,5-8H2,(H2,15,16,17)/t10-/m0/s1. The number of aryl methyl sites for hydroxylation is 1. The van der Waals surface area contributed by atoms with Crippen LogP contribution in [0.5, 0.6) is 0 Å². The molecule has 2 aromatic rings. The molecule has 2 N–H and O–H groups in total. The van der Waals surface area contributed by atoms with Crippen molar-refractivity contribution in [2.45, 2.75) is 25.7 Å². The minimum Gasteiger partial charge on any atom is -0.337 e. The zero-order chi connectivity index (χ0) is 11.7. The van der Waals surface area contributed by atoms with Crippen LogP contribution < -0.4 is 0 Å². The fraction of sp³-hybridized carbons (Fsp3) is 0.357. The Balaban J connectivity index is 1.74. The first-order chi connectivity index (χ1) is 8.31. The Hall–Kier alpha value is -1.35. The summed E-state index contributed by atoms with van der Waals surface area (Å²) in [4.78, 5) is 6.24. The van der Waals surface area contributed by atoms with Crippen molar-refractivity contribution in [3.05, 3.63) is 52.1 Å². The molecule has 1 heterocycles. The van der Waals surface area contributed by atoms with E-state index >= 15 is 0 Å². The van der Waals surface area contributed by atoms with Crippen LogP contribution in [0.1, 0.15) is 23.2 Å². The van der Waals surface area contributed by atoms with Gasteiger partial charge in [-0.2, -0.15) is 0 Å². The second-order valence-electron chi connectivity index (χ2n) is 4.85. The average molecular weight is 244 g/mol. The fourth-order valence-electron chi connectivity index (χ4n) is 2.74. The molecule has 0 fully saturated rings. The van der Waals surface area contributed by atoms with Gasteiger partial charge in [-0.3, -0.25) is 0 Å². The van der Waals surface area contributed by atoms with E-state index in [1.54, 1.807) is 0 Å². The molecular weight excluding hydrogens is 228 g/mol. The largest absolute Gasteiger partial charge is 0.337 e. The molecule has 3 heteroatoms. The summed E-state index contributed by atoms with van der Waals surface area (Å²) in [6.45, 7) is 0. The number of fused-ring (bicyclic) bond motifs is 1. The molecule has 0 saturated carbocycles. The molecule has 0 bridgehead atoms. The van der Waals surface area contributed by atoms with E-state index in [1.807, 2.05) is 6.20 Å². The molecule has 0 amide bonds. The lowest BCUT2D eigenvalue weighted by Gasteiger charge is -2.23. The Bertz CT molecular complexity index is 567. The van der Waals surface area contributed by atoms with Gasteiger partial charge >= 0.3 is 0 Å². The summed E-state index contributed by atoms with van der Waals surface area (Å²) in [6.07, 6.45) is 6.79. The predicted octanol–water partition coefficient (Wildman–Crippen LogP) is 3.42. The molecular formula is C14H16N2S. The Morgan fingerprint density at radius 3 is 2.82 bits per heavy atom. The molecule has 1 aromatic heterocycles. The maximum atomic E-state index is 5.05. The minimum absolute atomic E-state index is 0.733. The number of benzene rings is 1. The molecule has 1 aliphatic carbocycles. The molecule has 0 saturated heterocycles. The number of rotatable bonds is 2. The Morgan fingerprint density at radius 2 is 2.06 bits per heavy atom. The minimum atomic E-state index is 0.733. The van der Waals surface area contributed by atoms with Crippen molar-refractivity contribution >= 4 is 12.2 Å². The van der Waals surface area contributed by atoms with Gasteiger partial charge < -0.3 is 9.97 Å². The molecule has 17 heavy (non-hydrogen) atoms. The third-order valence-corrected chi connectivity index (χ3v) is 3.83. The Morgan fingerprint density at radius 1 is 1.24 bits per heavy atom. The summed E-state index contributed by atoms with van der Waals surface area (Å²) in [7, 11) is 0. The van der Waals surface area contributed by atoms with E-state index in [9.17, 15) is 0 Å². The summed E-state index contributed by atoms with van der Waals surface area (Å²) in [5.74, 6) is 0.742. The highest BCUT2D eigenvalue weighted by Gasteiger charge is 2.18. The number of hydrogen-bond acceptors (Lipinski definition) is 1. The van der Waals surface area contributed by atoms with Crippen LogP contribution in [0.3, 0.4) is 0 Å². The Kier molecular flexibility index (Phi) is 2.85. The highest BCUT2D eigenvalue weighted by atomic mass is 32.1. The Labute approximate surface area is 106 Å². The van der Waals surface area contributed by atoms with Crippen molar-refractivity contribution in [3.63, 3.8) is 0 Å². The number of hydrogen-bond donors (Lipinski definition) is 2. The molecule has 3 rings (SSSR count). The van der Waals surface area contributed by atoms with Crippen LogP contribution >= 0.6 is 12.2 Å². The van der Waals surface area contributed by atoms with E-state index in [1.165, 1.54) is 36.1 Å². The zero-order valence-corrected chi connectivity index (χ0v) is 10.5.